The lowest BCUT2D eigenvalue weighted by molar-refractivity contribution is -0.182. The molecule has 0 aromatic heterocycles. The summed E-state index contributed by atoms with van der Waals surface area (Å²) in [6.07, 6.45) is -2.61. The molecule has 0 aliphatic heterocycles. The summed E-state index contributed by atoms with van der Waals surface area (Å²) in [5.41, 5.74) is 9.04. The van der Waals surface area contributed by atoms with E-state index in [-0.39, 0.29) is 11.3 Å². The van der Waals surface area contributed by atoms with Gasteiger partial charge in [0.25, 0.3) is 0 Å². The van der Waals surface area contributed by atoms with E-state index in [0.717, 1.165) is 13.2 Å². The molecule has 9 heteroatoms. The summed E-state index contributed by atoms with van der Waals surface area (Å²) < 4.78 is 44.1. The Hall–Kier alpha value is -2.93. The molecule has 0 bridgehead atoms. The number of methoxy groups -OCH3 is 1. The number of carbonyl (C=O) groups excluding carboxylic acids is 2. The second kappa shape index (κ2) is 7.90. The molecular weight excluding hydrogens is 317 g/mol. The smallest absolute Gasteiger partial charge is 0.422 e. The van der Waals surface area contributed by atoms with Crippen molar-refractivity contribution in [3.05, 3.63) is 47.0 Å². The number of hydrogen-bond acceptors (Lipinski definition) is 4. The molecule has 0 heterocycles. The van der Waals surface area contributed by atoms with Crippen LogP contribution in [0.2, 0.25) is 0 Å². The monoisotopic (exact) mass is 328 g/mol. The molecule has 1 aromatic rings. The summed E-state index contributed by atoms with van der Waals surface area (Å²) >= 11 is 0. The van der Waals surface area contributed by atoms with Crippen LogP contribution in [-0.4, -0.2) is 42.3 Å². The highest BCUT2D eigenvalue weighted by molar-refractivity contribution is 6.40. The Labute approximate surface area is 128 Å². The third-order valence-electron chi connectivity index (χ3n) is 2.43. The summed E-state index contributed by atoms with van der Waals surface area (Å²) in [6, 6.07) is 5.83. The van der Waals surface area contributed by atoms with Gasteiger partial charge in [-0.1, -0.05) is 12.1 Å². The van der Waals surface area contributed by atoms with E-state index >= 15 is 0 Å². The molecule has 0 spiro atoms. The number of benzene rings is 1. The second-order valence-electron chi connectivity index (χ2n) is 4.12. The third kappa shape index (κ3) is 6.15. The first-order valence-electron chi connectivity index (χ1n) is 6.09. The van der Waals surface area contributed by atoms with E-state index in [0.29, 0.717) is 5.56 Å². The first-order chi connectivity index (χ1) is 10.8. The van der Waals surface area contributed by atoms with Crippen LogP contribution in [0, 0.1) is 0 Å². The maximum absolute atomic E-state index is 11.9. The molecule has 1 aromatic carbocycles. The molecule has 0 saturated heterocycles. The normalized spacial score (nSPS) is 11.0. The van der Waals surface area contributed by atoms with E-state index in [9.17, 15) is 22.8 Å². The van der Waals surface area contributed by atoms with Gasteiger partial charge in [-0.05, 0) is 23.8 Å². The maximum atomic E-state index is 11.9. The van der Waals surface area contributed by atoms with Crippen LogP contribution in [0.3, 0.4) is 0 Å². The molecule has 122 valence electrons. The zero-order valence-electron chi connectivity index (χ0n) is 11.8. The van der Waals surface area contributed by atoms with Gasteiger partial charge >= 0.3 is 23.8 Å². The molecule has 0 fully saturated rings. The number of alkyl halides is 3. The van der Waals surface area contributed by atoms with Crippen LogP contribution in [0.15, 0.2) is 30.3 Å². The van der Waals surface area contributed by atoms with Crippen LogP contribution >= 0.6 is 0 Å². The number of halogens is 3. The highest BCUT2D eigenvalue weighted by atomic mass is 19.4. The fraction of sp³-hybridized carbons (Fsp3) is 0.214. The summed E-state index contributed by atoms with van der Waals surface area (Å²) in [5.74, 6) is -2.05. The summed E-state index contributed by atoms with van der Waals surface area (Å²) in [6.45, 7) is -1.68. The van der Waals surface area contributed by atoms with Gasteiger partial charge in [0.1, 0.15) is 0 Å². The molecule has 0 saturated carbocycles. The Bertz CT molecular complexity index is 677. The molecule has 0 amide bonds. The second-order valence-corrected chi connectivity index (χ2v) is 4.12. The highest BCUT2D eigenvalue weighted by Gasteiger charge is 2.29. The first kappa shape index (κ1) is 18.1. The van der Waals surface area contributed by atoms with Crippen molar-refractivity contribution >= 4 is 23.7 Å². The average Bonchev–Trinajstić information content (AvgIpc) is 2.51. The van der Waals surface area contributed by atoms with Crippen molar-refractivity contribution in [2.75, 3.05) is 13.7 Å². The van der Waals surface area contributed by atoms with E-state index < -0.39 is 24.7 Å². The summed E-state index contributed by atoms with van der Waals surface area (Å²) in [4.78, 5) is 25.4. The molecule has 0 atom stereocenters. The number of ether oxygens (including phenoxy) is 2. The molecule has 0 aliphatic rings. The van der Waals surface area contributed by atoms with Crippen molar-refractivity contribution in [1.82, 2.24) is 0 Å². The molecule has 23 heavy (non-hydrogen) atoms. The molecule has 1 rings (SSSR count). The molecule has 0 unspecified atom stereocenters. The summed E-state index contributed by atoms with van der Waals surface area (Å²) in [7, 11) is 1.11. The van der Waals surface area contributed by atoms with E-state index in [4.69, 9.17) is 5.53 Å². The minimum Gasteiger partial charge on any atom is -0.460 e. The lowest BCUT2D eigenvalue weighted by atomic mass is 10.1. The fourth-order valence-corrected chi connectivity index (χ4v) is 1.47. The van der Waals surface area contributed by atoms with Gasteiger partial charge < -0.3 is 15.0 Å². The predicted octanol–water partition coefficient (Wildman–Crippen LogP) is 2.00. The Morgan fingerprint density at radius 2 is 2.04 bits per heavy atom. The first-order valence-corrected chi connectivity index (χ1v) is 6.09. The maximum Gasteiger partial charge on any atom is 0.422 e. The molecule has 6 nitrogen and oxygen atoms in total. The summed E-state index contributed by atoms with van der Waals surface area (Å²) in [5, 5.41) is 0. The lowest BCUT2D eigenvalue weighted by Gasteiger charge is -2.05. The van der Waals surface area contributed by atoms with Gasteiger partial charge in [0.05, 0.1) is 12.7 Å². The minimum absolute atomic E-state index is 0.199. The Kier molecular flexibility index (Phi) is 6.23. The van der Waals surface area contributed by atoms with Crippen LogP contribution in [0.25, 0.3) is 11.6 Å². The van der Waals surface area contributed by atoms with Gasteiger partial charge in [-0.15, -0.1) is 0 Å². The topological polar surface area (TPSA) is 89.0 Å². The Morgan fingerprint density at radius 3 is 2.61 bits per heavy atom. The number of hydrogen-bond donors (Lipinski definition) is 0. The predicted molar refractivity (Wildman–Crippen MR) is 72.2 cm³/mol. The van der Waals surface area contributed by atoms with Crippen molar-refractivity contribution in [2.45, 2.75) is 6.18 Å². The third-order valence-corrected chi connectivity index (χ3v) is 2.43. The standard InChI is InChI=1S/C14H11F3N2O4/c1-22-13(21)12(19-18)10-4-2-3-9(7-10)5-6-11(20)23-8-14(15,16)17/h2-7H,8H2,1H3/b6-5+. The van der Waals surface area contributed by atoms with Crippen molar-refractivity contribution in [2.24, 2.45) is 0 Å². The SMILES string of the molecule is COC(=O)C(=[N+]=[N-])c1cccc(/C=C/C(=O)OCC(F)(F)F)c1. The van der Waals surface area contributed by atoms with Gasteiger partial charge in [-0.25, -0.2) is 9.59 Å². The number of esters is 2. The number of nitrogens with zero attached hydrogens (tertiary/aromatic N) is 2. The van der Waals surface area contributed by atoms with Gasteiger partial charge in [0.15, 0.2) is 6.61 Å². The van der Waals surface area contributed by atoms with Crippen LogP contribution in [0.1, 0.15) is 11.1 Å². The van der Waals surface area contributed by atoms with E-state index in [2.05, 4.69) is 14.3 Å². The quantitative estimate of drug-likeness (QED) is 0.272. The van der Waals surface area contributed by atoms with Gasteiger partial charge in [-0.3, -0.25) is 0 Å². The Balaban J connectivity index is 2.85. The fourth-order valence-electron chi connectivity index (χ4n) is 1.47. The van der Waals surface area contributed by atoms with Crippen LogP contribution in [-0.2, 0) is 19.1 Å². The molecule has 0 N–H and O–H groups in total. The number of carbonyl (C=O) groups is 2. The molecule has 0 aliphatic carbocycles. The Morgan fingerprint density at radius 1 is 1.35 bits per heavy atom. The van der Waals surface area contributed by atoms with Crippen molar-refractivity contribution in [1.29, 1.82) is 0 Å². The lowest BCUT2D eigenvalue weighted by Crippen LogP contribution is -2.19. The number of rotatable bonds is 5. The van der Waals surface area contributed by atoms with Crippen molar-refractivity contribution in [3.63, 3.8) is 0 Å². The van der Waals surface area contributed by atoms with Crippen molar-refractivity contribution < 1.29 is 37.0 Å². The van der Waals surface area contributed by atoms with Crippen molar-refractivity contribution in [3.8, 4) is 0 Å². The van der Waals surface area contributed by atoms with Crippen LogP contribution in [0.4, 0.5) is 13.2 Å². The van der Waals surface area contributed by atoms with E-state index in [1.165, 1.54) is 30.3 Å². The zero-order chi connectivity index (χ0) is 17.5. The van der Waals surface area contributed by atoms with Gasteiger partial charge in [0.2, 0.25) is 0 Å². The zero-order valence-corrected chi connectivity index (χ0v) is 11.8. The van der Waals surface area contributed by atoms with Crippen LogP contribution < -0.4 is 0 Å². The van der Waals surface area contributed by atoms with Gasteiger partial charge in [-0.2, -0.15) is 18.0 Å². The molecular formula is C14H11F3N2O4. The van der Waals surface area contributed by atoms with E-state index in [1.54, 1.807) is 0 Å². The van der Waals surface area contributed by atoms with E-state index in [1.807, 2.05) is 0 Å². The van der Waals surface area contributed by atoms with Gasteiger partial charge in [0, 0.05) is 6.08 Å². The van der Waals surface area contributed by atoms with Crippen LogP contribution in [0.5, 0.6) is 0 Å². The largest absolute Gasteiger partial charge is 0.460 e. The minimum atomic E-state index is -4.60. The molecule has 0 radical (unpaired) electrons. The average molecular weight is 328 g/mol. The highest BCUT2D eigenvalue weighted by Crippen LogP contribution is 2.15.